The first kappa shape index (κ1) is 12.0. The summed E-state index contributed by atoms with van der Waals surface area (Å²) in [5.74, 6) is 1.52. The Bertz CT molecular complexity index is 166. The second kappa shape index (κ2) is 4.65. The zero-order valence-electron chi connectivity index (χ0n) is 10.2. The Balaban J connectivity index is 2.61. The molecule has 1 saturated carbocycles. The van der Waals surface area contributed by atoms with E-state index in [0.29, 0.717) is 17.8 Å². The van der Waals surface area contributed by atoms with Crippen molar-refractivity contribution in [3.8, 4) is 0 Å². The lowest BCUT2D eigenvalue weighted by molar-refractivity contribution is -0.0739. The van der Waals surface area contributed by atoms with Crippen LogP contribution in [0.1, 0.15) is 59.8 Å². The van der Waals surface area contributed by atoms with Gasteiger partial charge in [0.25, 0.3) is 0 Å². The van der Waals surface area contributed by atoms with Crippen LogP contribution in [0.15, 0.2) is 0 Å². The maximum absolute atomic E-state index is 10.6. The molecule has 1 heteroatoms. The molecule has 1 aliphatic rings. The lowest BCUT2D eigenvalue weighted by Gasteiger charge is -2.41. The normalized spacial score (nSPS) is 26.1. The zero-order valence-corrected chi connectivity index (χ0v) is 10.2. The molecule has 14 heavy (non-hydrogen) atoms. The summed E-state index contributed by atoms with van der Waals surface area (Å²) in [4.78, 5) is 0. The van der Waals surface area contributed by atoms with Gasteiger partial charge in [-0.15, -0.1) is 0 Å². The Morgan fingerprint density at radius 3 is 2.00 bits per heavy atom. The Kier molecular flexibility index (Phi) is 4.00. The van der Waals surface area contributed by atoms with Gasteiger partial charge in [0.15, 0.2) is 0 Å². The van der Waals surface area contributed by atoms with Gasteiger partial charge in [-0.2, -0.15) is 0 Å². The molecule has 84 valence electrons. The van der Waals surface area contributed by atoms with Crippen molar-refractivity contribution in [2.45, 2.75) is 65.4 Å². The highest BCUT2D eigenvalue weighted by Gasteiger charge is 2.38. The molecule has 0 aromatic carbocycles. The fraction of sp³-hybridized carbons (Fsp3) is 1.00. The molecular weight excluding hydrogens is 172 g/mol. The summed E-state index contributed by atoms with van der Waals surface area (Å²) in [5, 5.41) is 10.6. The second-order valence-electron chi connectivity index (χ2n) is 5.59. The van der Waals surface area contributed by atoms with Crippen LogP contribution in [0.5, 0.6) is 0 Å². The van der Waals surface area contributed by atoms with Crippen LogP contribution < -0.4 is 0 Å². The number of rotatable bonds is 3. The van der Waals surface area contributed by atoms with Crippen LogP contribution in [0.25, 0.3) is 0 Å². The first-order chi connectivity index (χ1) is 6.46. The van der Waals surface area contributed by atoms with Crippen LogP contribution in [0, 0.1) is 17.8 Å². The predicted molar refractivity (Wildman–Crippen MR) is 61.2 cm³/mol. The minimum Gasteiger partial charge on any atom is -0.390 e. The minimum atomic E-state index is -0.450. The van der Waals surface area contributed by atoms with Crippen LogP contribution in [0.4, 0.5) is 0 Å². The van der Waals surface area contributed by atoms with Gasteiger partial charge < -0.3 is 5.11 Å². The molecule has 2 atom stereocenters. The summed E-state index contributed by atoms with van der Waals surface area (Å²) in [6.07, 6.45) is 6.44. The molecule has 0 amide bonds. The van der Waals surface area contributed by atoms with Crippen molar-refractivity contribution in [2.75, 3.05) is 0 Å². The SMILES string of the molecule is CC(C)C(C)C(C)(O)C1CCCCC1. The van der Waals surface area contributed by atoms with Crippen LogP contribution in [0.2, 0.25) is 0 Å². The van der Waals surface area contributed by atoms with Crippen molar-refractivity contribution in [1.82, 2.24) is 0 Å². The largest absolute Gasteiger partial charge is 0.390 e. The van der Waals surface area contributed by atoms with Crippen LogP contribution in [-0.2, 0) is 0 Å². The van der Waals surface area contributed by atoms with Gasteiger partial charge in [0, 0.05) is 0 Å². The molecule has 0 heterocycles. The molecule has 1 rings (SSSR count). The Morgan fingerprint density at radius 2 is 1.57 bits per heavy atom. The molecule has 0 aliphatic heterocycles. The number of aliphatic hydroxyl groups is 1. The van der Waals surface area contributed by atoms with Gasteiger partial charge in [0.05, 0.1) is 5.60 Å². The number of hydrogen-bond acceptors (Lipinski definition) is 1. The summed E-state index contributed by atoms with van der Waals surface area (Å²) in [6.45, 7) is 8.66. The third-order valence-corrected chi connectivity index (χ3v) is 4.35. The summed E-state index contributed by atoms with van der Waals surface area (Å²) >= 11 is 0. The van der Waals surface area contributed by atoms with Gasteiger partial charge in [-0.1, -0.05) is 40.0 Å². The summed E-state index contributed by atoms with van der Waals surface area (Å²) in [5.41, 5.74) is -0.450. The van der Waals surface area contributed by atoms with Crippen LogP contribution in [-0.4, -0.2) is 10.7 Å². The van der Waals surface area contributed by atoms with E-state index in [1.807, 2.05) is 6.92 Å². The highest BCUT2D eigenvalue weighted by Crippen LogP contribution is 2.39. The van der Waals surface area contributed by atoms with Gasteiger partial charge >= 0.3 is 0 Å². The maximum Gasteiger partial charge on any atom is 0.0675 e. The lowest BCUT2D eigenvalue weighted by atomic mass is 9.69. The van der Waals surface area contributed by atoms with E-state index in [-0.39, 0.29) is 0 Å². The van der Waals surface area contributed by atoms with Gasteiger partial charge in [-0.25, -0.2) is 0 Å². The van der Waals surface area contributed by atoms with E-state index < -0.39 is 5.60 Å². The van der Waals surface area contributed by atoms with E-state index in [2.05, 4.69) is 20.8 Å². The van der Waals surface area contributed by atoms with Gasteiger partial charge in [-0.3, -0.25) is 0 Å². The molecular formula is C13H26O. The first-order valence-electron chi connectivity index (χ1n) is 6.18. The van der Waals surface area contributed by atoms with Crippen molar-refractivity contribution in [3.63, 3.8) is 0 Å². The Labute approximate surface area is 88.9 Å². The molecule has 1 N–H and O–H groups in total. The fourth-order valence-electron chi connectivity index (χ4n) is 2.73. The van der Waals surface area contributed by atoms with E-state index in [1.54, 1.807) is 0 Å². The summed E-state index contributed by atoms with van der Waals surface area (Å²) < 4.78 is 0. The quantitative estimate of drug-likeness (QED) is 0.734. The van der Waals surface area contributed by atoms with Crippen LogP contribution in [0.3, 0.4) is 0 Å². The molecule has 0 aromatic heterocycles. The van der Waals surface area contributed by atoms with Crippen molar-refractivity contribution >= 4 is 0 Å². The molecule has 2 unspecified atom stereocenters. The zero-order chi connectivity index (χ0) is 10.8. The third kappa shape index (κ3) is 2.50. The maximum atomic E-state index is 10.6. The number of hydrogen-bond donors (Lipinski definition) is 1. The third-order valence-electron chi connectivity index (χ3n) is 4.35. The average Bonchev–Trinajstić information content (AvgIpc) is 2.18. The molecule has 0 saturated heterocycles. The van der Waals surface area contributed by atoms with E-state index >= 15 is 0 Å². The first-order valence-corrected chi connectivity index (χ1v) is 6.18. The standard InChI is InChI=1S/C13H26O/c1-10(2)11(3)13(4,14)12-8-6-5-7-9-12/h10-12,14H,5-9H2,1-4H3. The van der Waals surface area contributed by atoms with Crippen molar-refractivity contribution in [1.29, 1.82) is 0 Å². The molecule has 1 fully saturated rings. The Hall–Kier alpha value is -0.0400. The van der Waals surface area contributed by atoms with Gasteiger partial charge in [0.1, 0.15) is 0 Å². The van der Waals surface area contributed by atoms with E-state index in [0.717, 1.165) is 0 Å². The fourth-order valence-corrected chi connectivity index (χ4v) is 2.73. The molecule has 1 nitrogen and oxygen atoms in total. The monoisotopic (exact) mass is 198 g/mol. The molecule has 1 aliphatic carbocycles. The highest BCUT2D eigenvalue weighted by atomic mass is 16.3. The van der Waals surface area contributed by atoms with Crippen LogP contribution >= 0.6 is 0 Å². The second-order valence-corrected chi connectivity index (χ2v) is 5.59. The van der Waals surface area contributed by atoms with E-state index in [4.69, 9.17) is 0 Å². The van der Waals surface area contributed by atoms with Crippen molar-refractivity contribution in [2.24, 2.45) is 17.8 Å². The predicted octanol–water partition coefficient (Wildman–Crippen LogP) is 3.61. The van der Waals surface area contributed by atoms with Crippen molar-refractivity contribution in [3.05, 3.63) is 0 Å². The Morgan fingerprint density at radius 1 is 1.07 bits per heavy atom. The summed E-state index contributed by atoms with van der Waals surface area (Å²) in [6, 6.07) is 0. The minimum absolute atomic E-state index is 0.408. The molecule has 0 radical (unpaired) electrons. The smallest absolute Gasteiger partial charge is 0.0675 e. The average molecular weight is 198 g/mol. The van der Waals surface area contributed by atoms with Gasteiger partial charge in [0.2, 0.25) is 0 Å². The molecule has 0 aromatic rings. The topological polar surface area (TPSA) is 20.2 Å². The molecule has 0 bridgehead atoms. The summed E-state index contributed by atoms with van der Waals surface area (Å²) in [7, 11) is 0. The molecule has 0 spiro atoms. The highest BCUT2D eigenvalue weighted by molar-refractivity contribution is 4.89. The lowest BCUT2D eigenvalue weighted by Crippen LogP contribution is -2.44. The van der Waals surface area contributed by atoms with Crippen molar-refractivity contribution < 1.29 is 5.11 Å². The van der Waals surface area contributed by atoms with E-state index in [9.17, 15) is 5.11 Å². The van der Waals surface area contributed by atoms with Gasteiger partial charge in [-0.05, 0) is 37.5 Å². The van der Waals surface area contributed by atoms with E-state index in [1.165, 1.54) is 32.1 Å².